The smallest absolute Gasteiger partial charge is 0.195 e. The number of fused-ring (bicyclic) bond motifs is 1. The molecular weight excluding hydrogens is 106 g/mol. The minimum atomic E-state index is 0.741. The van der Waals surface area contributed by atoms with Crippen LogP contribution in [-0.2, 0) is 0 Å². The van der Waals surface area contributed by atoms with E-state index in [1.807, 2.05) is 0 Å². The summed E-state index contributed by atoms with van der Waals surface area (Å²) in [6.07, 6.45) is 3.07. The van der Waals surface area contributed by atoms with Gasteiger partial charge in [-0.25, -0.2) is 4.98 Å². The number of rotatable bonds is 0. The van der Waals surface area contributed by atoms with E-state index in [4.69, 9.17) is 0 Å². The average molecular weight is 109 g/mol. The van der Waals surface area contributed by atoms with Gasteiger partial charge in [-0.05, 0) is 0 Å². The Bertz CT molecular complexity index is 229. The summed E-state index contributed by atoms with van der Waals surface area (Å²) in [4.78, 5) is 3.84. The summed E-state index contributed by atoms with van der Waals surface area (Å²) in [6.45, 7) is 0. The van der Waals surface area contributed by atoms with Gasteiger partial charge in [-0.15, -0.1) is 9.73 Å². The topological polar surface area (TPSA) is 58.9 Å². The van der Waals surface area contributed by atoms with Crippen molar-refractivity contribution in [3.8, 4) is 0 Å². The van der Waals surface area contributed by atoms with Gasteiger partial charge in [-0.1, -0.05) is 0 Å². The van der Waals surface area contributed by atoms with Crippen LogP contribution in [0.15, 0.2) is 12.5 Å². The van der Waals surface area contributed by atoms with E-state index in [1.165, 1.54) is 11.0 Å². The fourth-order valence-corrected chi connectivity index (χ4v) is 0.557. The zero-order valence-corrected chi connectivity index (χ0v) is 3.94. The third kappa shape index (κ3) is 0.281. The summed E-state index contributed by atoms with van der Waals surface area (Å²) in [5.41, 5.74) is 0.741. The Hall–Kier alpha value is -1.39. The first-order chi connectivity index (χ1) is 3.97. The summed E-state index contributed by atoms with van der Waals surface area (Å²) in [5, 5.41) is 10.0. The molecule has 8 heavy (non-hydrogen) atoms. The molecule has 2 heterocycles. The first-order valence-corrected chi connectivity index (χ1v) is 2.16. The Balaban J connectivity index is 3.06. The molecule has 0 aliphatic carbocycles. The van der Waals surface area contributed by atoms with Crippen LogP contribution < -0.4 is 0 Å². The first kappa shape index (κ1) is 3.59. The molecule has 40 valence electrons. The standard InChI is InChI=1S/C3H3N5/c1-3-4-2-6-8(3)7-5-1/h1-2,7H. The number of aromatic amines is 1. The van der Waals surface area contributed by atoms with Crippen LogP contribution in [0.3, 0.4) is 0 Å². The molecule has 0 aliphatic rings. The molecule has 0 aliphatic heterocycles. The van der Waals surface area contributed by atoms with Crippen LogP contribution in [0.5, 0.6) is 0 Å². The van der Waals surface area contributed by atoms with Crippen molar-refractivity contribution >= 4 is 5.65 Å². The van der Waals surface area contributed by atoms with Gasteiger partial charge >= 0.3 is 0 Å². The van der Waals surface area contributed by atoms with Crippen LogP contribution in [-0.4, -0.2) is 25.0 Å². The Morgan fingerprint density at radius 3 is 3.50 bits per heavy atom. The lowest BCUT2D eigenvalue weighted by molar-refractivity contribution is 0.757. The summed E-state index contributed by atoms with van der Waals surface area (Å²) >= 11 is 0. The third-order valence-electron chi connectivity index (χ3n) is 0.907. The molecule has 0 amide bonds. The Kier molecular flexibility index (Phi) is 0.476. The maximum Gasteiger partial charge on any atom is 0.195 e. The van der Waals surface area contributed by atoms with Crippen molar-refractivity contribution in [3.63, 3.8) is 0 Å². The van der Waals surface area contributed by atoms with E-state index >= 15 is 0 Å². The van der Waals surface area contributed by atoms with Crippen molar-refractivity contribution in [2.24, 2.45) is 0 Å². The van der Waals surface area contributed by atoms with Crippen molar-refractivity contribution in [1.82, 2.24) is 25.0 Å². The number of hydrogen-bond donors (Lipinski definition) is 1. The largest absolute Gasteiger partial charge is 0.212 e. The summed E-state index contributed by atoms with van der Waals surface area (Å²) in [5.74, 6) is 0. The highest BCUT2D eigenvalue weighted by Crippen LogP contribution is 1.86. The van der Waals surface area contributed by atoms with Crippen LogP contribution in [0.1, 0.15) is 0 Å². The number of H-pyrrole nitrogens is 1. The maximum atomic E-state index is 3.84. The second kappa shape index (κ2) is 1.06. The molecule has 0 spiro atoms. The van der Waals surface area contributed by atoms with E-state index in [-0.39, 0.29) is 0 Å². The van der Waals surface area contributed by atoms with Gasteiger partial charge in [-0.2, -0.15) is 10.3 Å². The van der Waals surface area contributed by atoms with E-state index in [0.29, 0.717) is 0 Å². The molecule has 5 heteroatoms. The second-order valence-electron chi connectivity index (χ2n) is 1.39. The number of hydrogen-bond acceptors (Lipinski definition) is 3. The van der Waals surface area contributed by atoms with Gasteiger partial charge < -0.3 is 0 Å². The SMILES string of the molecule is c1nc2cn[nH]n2n1. The molecule has 0 bridgehead atoms. The Morgan fingerprint density at radius 2 is 2.62 bits per heavy atom. The van der Waals surface area contributed by atoms with Crippen molar-refractivity contribution in [1.29, 1.82) is 0 Å². The Morgan fingerprint density at radius 1 is 1.62 bits per heavy atom. The average Bonchev–Trinajstić information content (AvgIpc) is 2.15. The number of nitrogens with one attached hydrogen (secondary N) is 1. The molecule has 0 fully saturated rings. The predicted octanol–water partition coefficient (Wildman–Crippen LogP) is -0.548. The Labute approximate surface area is 44.3 Å². The van der Waals surface area contributed by atoms with E-state index in [9.17, 15) is 0 Å². The molecule has 0 aromatic carbocycles. The second-order valence-corrected chi connectivity index (χ2v) is 1.39. The van der Waals surface area contributed by atoms with Crippen LogP contribution in [0, 0.1) is 0 Å². The van der Waals surface area contributed by atoms with E-state index in [1.54, 1.807) is 6.20 Å². The van der Waals surface area contributed by atoms with Crippen LogP contribution in [0.25, 0.3) is 5.65 Å². The van der Waals surface area contributed by atoms with Gasteiger partial charge in [0.25, 0.3) is 0 Å². The number of nitrogens with zero attached hydrogens (tertiary/aromatic N) is 4. The molecule has 5 nitrogen and oxygen atoms in total. The van der Waals surface area contributed by atoms with Gasteiger partial charge in [0, 0.05) is 0 Å². The highest BCUT2D eigenvalue weighted by Gasteiger charge is 1.90. The molecule has 0 unspecified atom stereocenters. The molecule has 0 saturated heterocycles. The lowest BCUT2D eigenvalue weighted by atomic mass is 10.8. The number of aromatic nitrogens is 5. The van der Waals surface area contributed by atoms with Crippen molar-refractivity contribution in [3.05, 3.63) is 12.5 Å². The van der Waals surface area contributed by atoms with Gasteiger partial charge in [-0.3, -0.25) is 0 Å². The minimum absolute atomic E-state index is 0.741. The monoisotopic (exact) mass is 109 g/mol. The molecule has 0 saturated carbocycles. The zero-order valence-electron chi connectivity index (χ0n) is 3.94. The molecule has 0 atom stereocenters. The van der Waals surface area contributed by atoms with E-state index in [2.05, 4.69) is 20.4 Å². The van der Waals surface area contributed by atoms with Gasteiger partial charge in [0.15, 0.2) is 5.65 Å². The summed E-state index contributed by atoms with van der Waals surface area (Å²) < 4.78 is 1.49. The van der Waals surface area contributed by atoms with E-state index < -0.39 is 0 Å². The maximum absolute atomic E-state index is 3.84. The normalized spacial score (nSPS) is 10.5. The third-order valence-corrected chi connectivity index (χ3v) is 0.907. The first-order valence-electron chi connectivity index (χ1n) is 2.16. The molecule has 0 radical (unpaired) electrons. The van der Waals surface area contributed by atoms with Crippen LogP contribution in [0.4, 0.5) is 0 Å². The lowest BCUT2D eigenvalue weighted by Crippen LogP contribution is -1.83. The fourth-order valence-electron chi connectivity index (χ4n) is 0.557. The van der Waals surface area contributed by atoms with Crippen LogP contribution in [0.2, 0.25) is 0 Å². The highest BCUT2D eigenvalue weighted by atomic mass is 15.5. The minimum Gasteiger partial charge on any atom is -0.212 e. The highest BCUT2D eigenvalue weighted by molar-refractivity contribution is 5.28. The molecule has 2 aromatic rings. The van der Waals surface area contributed by atoms with Gasteiger partial charge in [0.05, 0.1) is 6.20 Å². The predicted molar refractivity (Wildman–Crippen MR) is 25.1 cm³/mol. The fraction of sp³-hybridized carbons (Fsp3) is 0. The van der Waals surface area contributed by atoms with Crippen LogP contribution >= 0.6 is 0 Å². The van der Waals surface area contributed by atoms with Crippen molar-refractivity contribution < 1.29 is 0 Å². The van der Waals surface area contributed by atoms with Crippen molar-refractivity contribution in [2.75, 3.05) is 0 Å². The lowest BCUT2D eigenvalue weighted by Gasteiger charge is -1.70. The molecule has 2 rings (SSSR count). The summed E-state index contributed by atoms with van der Waals surface area (Å²) in [7, 11) is 0. The van der Waals surface area contributed by atoms with Crippen molar-refractivity contribution in [2.45, 2.75) is 0 Å². The quantitative estimate of drug-likeness (QED) is 0.494. The zero-order chi connectivity index (χ0) is 5.40. The van der Waals surface area contributed by atoms with E-state index in [0.717, 1.165) is 5.65 Å². The van der Waals surface area contributed by atoms with Gasteiger partial charge in [0.1, 0.15) is 6.33 Å². The molecule has 2 aromatic heterocycles. The summed E-state index contributed by atoms with van der Waals surface area (Å²) in [6, 6.07) is 0. The molecule has 1 N–H and O–H groups in total. The van der Waals surface area contributed by atoms with Gasteiger partial charge in [0.2, 0.25) is 0 Å². The molecular formula is C3H3N5.